The van der Waals surface area contributed by atoms with Gasteiger partial charge in [-0.1, -0.05) is 24.3 Å². The summed E-state index contributed by atoms with van der Waals surface area (Å²) in [4.78, 5) is 23.3. The first-order chi connectivity index (χ1) is 16.1. The molecule has 2 N–H and O–H groups in total. The zero-order valence-corrected chi connectivity index (χ0v) is 18.6. The second-order valence-electron chi connectivity index (χ2n) is 8.55. The van der Waals surface area contributed by atoms with Crippen LogP contribution in [-0.4, -0.2) is 38.1 Å². The van der Waals surface area contributed by atoms with E-state index in [4.69, 9.17) is 9.47 Å². The van der Waals surface area contributed by atoms with Crippen LogP contribution in [0.5, 0.6) is 11.5 Å². The van der Waals surface area contributed by atoms with Crippen LogP contribution in [0.2, 0.25) is 0 Å². The van der Waals surface area contributed by atoms with Crippen molar-refractivity contribution >= 4 is 11.8 Å². The minimum absolute atomic E-state index is 0.00971. The molecular formula is C26H29N3O4. The molecule has 2 fully saturated rings. The van der Waals surface area contributed by atoms with Gasteiger partial charge >= 0.3 is 0 Å². The van der Waals surface area contributed by atoms with E-state index in [-0.39, 0.29) is 29.6 Å². The van der Waals surface area contributed by atoms with Crippen molar-refractivity contribution in [3.63, 3.8) is 0 Å². The molecule has 0 bridgehead atoms. The molecule has 1 unspecified atom stereocenters. The Balaban J connectivity index is 1.16. The van der Waals surface area contributed by atoms with Crippen molar-refractivity contribution < 1.29 is 19.1 Å². The maximum Gasteiger partial charge on any atom is 0.234 e. The van der Waals surface area contributed by atoms with Gasteiger partial charge in [0.2, 0.25) is 11.8 Å². The fraction of sp³-hybridized carbons (Fsp3) is 0.423. The number of benzene rings is 2. The Labute approximate surface area is 194 Å². The van der Waals surface area contributed by atoms with Crippen LogP contribution < -0.4 is 20.1 Å². The normalized spacial score (nSPS) is 22.5. The molecule has 0 aromatic heterocycles. The summed E-state index contributed by atoms with van der Waals surface area (Å²) in [6.07, 6.45) is 2.64. The highest BCUT2D eigenvalue weighted by atomic mass is 16.5. The highest BCUT2D eigenvalue weighted by molar-refractivity contribution is 6.00. The number of amides is 2. The molecule has 2 saturated heterocycles. The lowest BCUT2D eigenvalue weighted by atomic mass is 9.90. The topological polar surface area (TPSA) is 100 Å². The second-order valence-corrected chi connectivity index (χ2v) is 8.55. The van der Waals surface area contributed by atoms with E-state index in [1.807, 2.05) is 42.5 Å². The van der Waals surface area contributed by atoms with Gasteiger partial charge in [0.05, 0.1) is 31.1 Å². The fourth-order valence-electron chi connectivity index (χ4n) is 4.39. The molecule has 2 aliphatic rings. The maximum atomic E-state index is 12.0. The van der Waals surface area contributed by atoms with Gasteiger partial charge in [0, 0.05) is 25.4 Å². The molecule has 7 heteroatoms. The summed E-state index contributed by atoms with van der Waals surface area (Å²) in [5.74, 6) is 1.12. The van der Waals surface area contributed by atoms with Gasteiger partial charge in [0.15, 0.2) is 0 Å². The number of ether oxygens (including phenoxy) is 2. The van der Waals surface area contributed by atoms with Crippen LogP contribution in [0.25, 0.3) is 0 Å². The van der Waals surface area contributed by atoms with Gasteiger partial charge in [-0.05, 0) is 54.7 Å². The standard InChI is InChI=1S/C26H29N3O4/c27-15-20-16-28-17-24(20)19-4-3-5-22(14-19)33-13-2-1-12-32-21-8-6-18(7-9-21)23-10-11-25(30)29-26(23)31/h3-9,14,20,23-24,28H,1-2,10-13,16-17H2,(H,29,30,31)/t20-,23?,24+/m1/s1. The minimum Gasteiger partial charge on any atom is -0.494 e. The number of hydrogen-bond acceptors (Lipinski definition) is 6. The maximum absolute atomic E-state index is 12.0. The average Bonchev–Trinajstić information content (AvgIpc) is 3.31. The van der Waals surface area contributed by atoms with Gasteiger partial charge in [-0.2, -0.15) is 5.26 Å². The van der Waals surface area contributed by atoms with Crippen LogP contribution in [0.15, 0.2) is 48.5 Å². The summed E-state index contributed by atoms with van der Waals surface area (Å²) in [5, 5.41) is 15.0. The van der Waals surface area contributed by atoms with Gasteiger partial charge in [-0.3, -0.25) is 14.9 Å². The van der Waals surface area contributed by atoms with Gasteiger partial charge in [0.25, 0.3) is 0 Å². The van der Waals surface area contributed by atoms with Crippen molar-refractivity contribution in [2.24, 2.45) is 5.92 Å². The number of nitrogens with one attached hydrogen (secondary N) is 2. The van der Waals surface area contributed by atoms with E-state index in [9.17, 15) is 14.9 Å². The largest absolute Gasteiger partial charge is 0.494 e. The Bertz CT molecular complexity index is 1010. The van der Waals surface area contributed by atoms with Crippen LogP contribution in [0.3, 0.4) is 0 Å². The van der Waals surface area contributed by atoms with Gasteiger partial charge in [-0.25, -0.2) is 0 Å². The smallest absolute Gasteiger partial charge is 0.234 e. The highest BCUT2D eigenvalue weighted by Crippen LogP contribution is 2.30. The van der Waals surface area contributed by atoms with Gasteiger partial charge in [0.1, 0.15) is 11.5 Å². The summed E-state index contributed by atoms with van der Waals surface area (Å²) >= 11 is 0. The number of nitriles is 1. The first-order valence-corrected chi connectivity index (χ1v) is 11.5. The van der Waals surface area contributed by atoms with E-state index in [0.29, 0.717) is 26.1 Å². The lowest BCUT2D eigenvalue weighted by molar-refractivity contribution is -0.134. The number of piperidine rings is 1. The summed E-state index contributed by atoms with van der Waals surface area (Å²) in [6.45, 7) is 2.75. The fourth-order valence-corrected chi connectivity index (χ4v) is 4.39. The highest BCUT2D eigenvalue weighted by Gasteiger charge is 2.29. The number of imide groups is 1. The number of carbonyl (C=O) groups excluding carboxylic acids is 2. The molecule has 33 heavy (non-hydrogen) atoms. The Morgan fingerprint density at radius 2 is 1.70 bits per heavy atom. The quantitative estimate of drug-likeness (QED) is 0.452. The summed E-state index contributed by atoms with van der Waals surface area (Å²) in [5.41, 5.74) is 2.05. The molecule has 3 atom stereocenters. The monoisotopic (exact) mass is 447 g/mol. The Morgan fingerprint density at radius 1 is 0.939 bits per heavy atom. The summed E-state index contributed by atoms with van der Waals surface area (Å²) < 4.78 is 11.7. The Kier molecular flexibility index (Phi) is 7.59. The number of rotatable bonds is 9. The van der Waals surface area contributed by atoms with Crippen LogP contribution in [0, 0.1) is 17.2 Å². The van der Waals surface area contributed by atoms with Crippen molar-refractivity contribution in [3.05, 3.63) is 59.7 Å². The van der Waals surface area contributed by atoms with Gasteiger partial charge in [-0.15, -0.1) is 0 Å². The molecule has 0 radical (unpaired) electrons. The van der Waals surface area contributed by atoms with Crippen molar-refractivity contribution in [3.8, 4) is 17.6 Å². The third kappa shape index (κ3) is 5.91. The first kappa shape index (κ1) is 22.8. The van der Waals surface area contributed by atoms with E-state index < -0.39 is 0 Å². The second kappa shape index (κ2) is 11.0. The lowest BCUT2D eigenvalue weighted by Crippen LogP contribution is -2.39. The van der Waals surface area contributed by atoms with E-state index in [2.05, 4.69) is 22.8 Å². The molecule has 0 spiro atoms. The SMILES string of the molecule is N#C[C@@H]1CNC[C@H]1c1cccc(OCCCCOc2ccc(C3CCC(=O)NC3=O)cc2)c1. The van der Waals surface area contributed by atoms with Crippen LogP contribution in [0.4, 0.5) is 0 Å². The number of nitrogens with zero attached hydrogens (tertiary/aromatic N) is 1. The number of unbranched alkanes of at least 4 members (excludes halogenated alkanes) is 1. The third-order valence-corrected chi connectivity index (χ3v) is 6.26. The van der Waals surface area contributed by atoms with Gasteiger partial charge < -0.3 is 14.8 Å². The van der Waals surface area contributed by atoms with E-state index in [0.717, 1.165) is 48.6 Å². The predicted octanol–water partition coefficient (Wildman–Crippen LogP) is 3.27. The molecule has 172 valence electrons. The van der Waals surface area contributed by atoms with Crippen LogP contribution in [-0.2, 0) is 9.59 Å². The number of hydrogen-bond donors (Lipinski definition) is 2. The molecule has 2 aromatic rings. The van der Waals surface area contributed by atoms with E-state index in [1.165, 1.54) is 0 Å². The van der Waals surface area contributed by atoms with Crippen molar-refractivity contribution in [1.82, 2.24) is 10.6 Å². The summed E-state index contributed by atoms with van der Waals surface area (Å²) in [6, 6.07) is 18.0. The van der Waals surface area contributed by atoms with Crippen LogP contribution >= 0.6 is 0 Å². The molecule has 0 saturated carbocycles. The lowest BCUT2D eigenvalue weighted by Gasteiger charge is -2.21. The Hall–Kier alpha value is -3.37. The van der Waals surface area contributed by atoms with Crippen molar-refractivity contribution in [2.45, 2.75) is 37.5 Å². The van der Waals surface area contributed by atoms with Crippen LogP contribution in [0.1, 0.15) is 48.6 Å². The zero-order valence-electron chi connectivity index (χ0n) is 18.6. The molecule has 2 amide bonds. The third-order valence-electron chi connectivity index (χ3n) is 6.26. The average molecular weight is 448 g/mol. The molecule has 2 aliphatic heterocycles. The van der Waals surface area contributed by atoms with Crippen molar-refractivity contribution in [1.29, 1.82) is 5.26 Å². The molecule has 2 aromatic carbocycles. The van der Waals surface area contributed by atoms with Crippen molar-refractivity contribution in [2.75, 3.05) is 26.3 Å². The predicted molar refractivity (Wildman–Crippen MR) is 123 cm³/mol. The molecule has 0 aliphatic carbocycles. The molecular weight excluding hydrogens is 418 g/mol. The van der Waals surface area contributed by atoms with E-state index in [1.54, 1.807) is 0 Å². The summed E-state index contributed by atoms with van der Waals surface area (Å²) in [7, 11) is 0. The van der Waals surface area contributed by atoms with E-state index >= 15 is 0 Å². The number of carbonyl (C=O) groups is 2. The molecule has 4 rings (SSSR count). The minimum atomic E-state index is -0.275. The Morgan fingerprint density at radius 3 is 2.42 bits per heavy atom. The zero-order chi connectivity index (χ0) is 23.0. The molecule has 2 heterocycles. The molecule has 7 nitrogen and oxygen atoms in total. The first-order valence-electron chi connectivity index (χ1n) is 11.5.